The van der Waals surface area contributed by atoms with Crippen molar-refractivity contribution >= 4 is 66.6 Å². The van der Waals surface area contributed by atoms with Crippen LogP contribution >= 0.6 is 58.0 Å². The van der Waals surface area contributed by atoms with Gasteiger partial charge in [0.05, 0.1) is 15.1 Å². The predicted molar refractivity (Wildman–Crippen MR) is 109 cm³/mol. The van der Waals surface area contributed by atoms with Crippen LogP contribution in [0.4, 0.5) is 0 Å². The molecule has 1 rings (SSSR count). The number of hydrogen-bond donors (Lipinski definition) is 0. The second-order valence-corrected chi connectivity index (χ2v) is 11.2. The van der Waals surface area contributed by atoms with Crippen molar-refractivity contribution in [3.05, 3.63) is 25.1 Å². The fourth-order valence-electron chi connectivity index (χ4n) is 2.15. The molecule has 0 bridgehead atoms. The molecular weight excluding hydrogens is 430 g/mol. The number of hydrogen-bond acceptors (Lipinski definition) is 2. The van der Waals surface area contributed by atoms with Gasteiger partial charge in [-0.1, -0.05) is 97.0 Å². The van der Waals surface area contributed by atoms with Crippen LogP contribution in [0.25, 0.3) is 0 Å². The van der Waals surface area contributed by atoms with E-state index < -0.39 is 8.56 Å². The Hall–Kier alpha value is 0.647. The van der Waals surface area contributed by atoms with Crippen molar-refractivity contribution in [3.8, 4) is 5.75 Å². The van der Waals surface area contributed by atoms with Crippen LogP contribution in [0.15, 0.2) is 0 Å². The molecule has 0 N–H and O–H groups in total. The maximum absolute atomic E-state index is 6.20. The molecule has 0 saturated heterocycles. The molecule has 0 heterocycles. The molecule has 0 aromatic heterocycles. The molecule has 0 aliphatic carbocycles. The lowest BCUT2D eigenvalue weighted by molar-refractivity contribution is 0.241. The highest BCUT2D eigenvalue weighted by Crippen LogP contribution is 2.48. The lowest BCUT2D eigenvalue weighted by Crippen LogP contribution is -2.39. The summed E-state index contributed by atoms with van der Waals surface area (Å²) in [5, 5.41) is 0.680. The standard InChI is InChI=1S/C16H23Cl5O2Si/c1-4-5-6-7-8-9-10-22-24(2,3)23-16-14(20)12(18)11(17)13(19)15(16)21/h4-10H2,1-3H3. The van der Waals surface area contributed by atoms with E-state index in [1.54, 1.807) is 0 Å². The number of halogens is 5. The highest BCUT2D eigenvalue weighted by atomic mass is 35.5. The van der Waals surface area contributed by atoms with Crippen molar-refractivity contribution in [1.29, 1.82) is 0 Å². The molecule has 0 aliphatic rings. The average molecular weight is 453 g/mol. The van der Waals surface area contributed by atoms with Crippen molar-refractivity contribution in [2.24, 2.45) is 0 Å². The third kappa shape index (κ3) is 6.75. The summed E-state index contributed by atoms with van der Waals surface area (Å²) in [5.41, 5.74) is 0. The molecule has 1 aromatic carbocycles. The van der Waals surface area contributed by atoms with Crippen LogP contribution in [-0.4, -0.2) is 15.2 Å². The lowest BCUT2D eigenvalue weighted by atomic mass is 10.1. The summed E-state index contributed by atoms with van der Waals surface area (Å²) in [5.74, 6) is 0.234. The van der Waals surface area contributed by atoms with E-state index in [0.717, 1.165) is 12.8 Å². The van der Waals surface area contributed by atoms with Gasteiger partial charge in [-0.15, -0.1) is 0 Å². The summed E-state index contributed by atoms with van der Waals surface area (Å²) in [7, 11) is -2.47. The molecule has 2 nitrogen and oxygen atoms in total. The minimum absolute atomic E-state index is 0.119. The first-order valence-corrected chi connectivity index (χ1v) is 12.8. The van der Waals surface area contributed by atoms with E-state index in [0.29, 0.717) is 6.61 Å². The molecule has 8 heteroatoms. The Kier molecular flexibility index (Phi) is 10.1. The first-order valence-electron chi connectivity index (χ1n) is 8.05. The molecule has 0 amide bonds. The fraction of sp³-hybridized carbons (Fsp3) is 0.625. The van der Waals surface area contributed by atoms with Crippen molar-refractivity contribution in [3.63, 3.8) is 0 Å². The van der Waals surface area contributed by atoms with Gasteiger partial charge >= 0.3 is 8.56 Å². The van der Waals surface area contributed by atoms with Gasteiger partial charge in [0, 0.05) is 6.61 Å². The zero-order chi connectivity index (χ0) is 18.3. The third-order valence-corrected chi connectivity index (χ3v) is 7.30. The lowest BCUT2D eigenvalue weighted by Gasteiger charge is -2.26. The van der Waals surface area contributed by atoms with Gasteiger partial charge in [-0.05, 0) is 19.5 Å². The minimum Gasteiger partial charge on any atom is -0.518 e. The molecule has 138 valence electrons. The molecule has 0 atom stereocenters. The monoisotopic (exact) mass is 450 g/mol. The van der Waals surface area contributed by atoms with Crippen LogP contribution < -0.4 is 4.43 Å². The van der Waals surface area contributed by atoms with E-state index in [2.05, 4.69) is 6.92 Å². The van der Waals surface area contributed by atoms with Crippen LogP contribution in [-0.2, 0) is 4.43 Å². The molecule has 24 heavy (non-hydrogen) atoms. The molecule has 0 fully saturated rings. The van der Waals surface area contributed by atoms with E-state index >= 15 is 0 Å². The summed E-state index contributed by atoms with van der Waals surface area (Å²) in [4.78, 5) is 0. The van der Waals surface area contributed by atoms with Gasteiger partial charge in [-0.2, -0.15) is 0 Å². The Labute approximate surface area is 170 Å². The van der Waals surface area contributed by atoms with E-state index in [1.165, 1.54) is 25.7 Å². The zero-order valence-corrected chi connectivity index (χ0v) is 18.9. The Morgan fingerprint density at radius 1 is 0.708 bits per heavy atom. The van der Waals surface area contributed by atoms with Crippen LogP contribution in [0.5, 0.6) is 5.75 Å². The highest BCUT2D eigenvalue weighted by Gasteiger charge is 2.31. The Morgan fingerprint density at radius 2 is 1.17 bits per heavy atom. The van der Waals surface area contributed by atoms with Crippen molar-refractivity contribution in [2.45, 2.75) is 58.5 Å². The van der Waals surface area contributed by atoms with Gasteiger partial charge in [-0.25, -0.2) is 0 Å². The minimum atomic E-state index is -2.47. The van der Waals surface area contributed by atoms with Crippen LogP contribution in [0.2, 0.25) is 38.2 Å². The molecule has 0 radical (unpaired) electrons. The Bertz CT molecular complexity index is 523. The summed E-state index contributed by atoms with van der Waals surface area (Å²) in [6.07, 6.45) is 7.22. The van der Waals surface area contributed by atoms with Crippen LogP contribution in [0, 0.1) is 0 Å². The first kappa shape index (κ1) is 22.7. The van der Waals surface area contributed by atoms with E-state index in [-0.39, 0.29) is 30.9 Å². The molecule has 0 unspecified atom stereocenters. The highest BCUT2D eigenvalue weighted by molar-refractivity contribution is 6.66. The van der Waals surface area contributed by atoms with Crippen molar-refractivity contribution in [1.82, 2.24) is 0 Å². The van der Waals surface area contributed by atoms with Gasteiger partial charge in [0.15, 0.2) is 0 Å². The van der Waals surface area contributed by atoms with E-state index in [4.69, 9.17) is 66.9 Å². The molecule has 0 saturated carbocycles. The first-order chi connectivity index (χ1) is 11.2. The number of rotatable bonds is 10. The van der Waals surface area contributed by atoms with Crippen molar-refractivity contribution < 1.29 is 8.85 Å². The van der Waals surface area contributed by atoms with Gasteiger partial charge in [0.25, 0.3) is 0 Å². The van der Waals surface area contributed by atoms with Crippen LogP contribution in [0.1, 0.15) is 45.4 Å². The quantitative estimate of drug-likeness (QED) is 0.153. The van der Waals surface area contributed by atoms with E-state index in [1.807, 2.05) is 13.1 Å². The number of unbranched alkanes of at least 4 members (excludes halogenated alkanes) is 5. The normalized spacial score (nSPS) is 11.8. The Balaban J connectivity index is 2.61. The smallest absolute Gasteiger partial charge is 0.392 e. The summed E-state index contributed by atoms with van der Waals surface area (Å²) >= 11 is 30.5. The summed E-state index contributed by atoms with van der Waals surface area (Å²) < 4.78 is 11.9. The summed E-state index contributed by atoms with van der Waals surface area (Å²) in [6, 6.07) is 0. The van der Waals surface area contributed by atoms with Crippen LogP contribution in [0.3, 0.4) is 0 Å². The van der Waals surface area contributed by atoms with Gasteiger partial charge in [0.2, 0.25) is 0 Å². The predicted octanol–water partition coefficient (Wildman–Crippen LogP) is 8.41. The topological polar surface area (TPSA) is 18.5 Å². The van der Waals surface area contributed by atoms with E-state index in [9.17, 15) is 0 Å². The average Bonchev–Trinajstić information content (AvgIpc) is 2.54. The molecular formula is C16H23Cl5O2Si. The van der Waals surface area contributed by atoms with Gasteiger partial charge < -0.3 is 8.85 Å². The molecule has 0 aliphatic heterocycles. The largest absolute Gasteiger partial charge is 0.518 e. The maximum atomic E-state index is 6.20. The second-order valence-electron chi connectivity index (χ2n) is 6.02. The summed E-state index contributed by atoms with van der Waals surface area (Å²) in [6.45, 7) is 6.70. The maximum Gasteiger partial charge on any atom is 0.392 e. The second kappa shape index (κ2) is 10.7. The molecule has 0 spiro atoms. The zero-order valence-electron chi connectivity index (χ0n) is 14.2. The third-order valence-electron chi connectivity index (χ3n) is 3.46. The van der Waals surface area contributed by atoms with Crippen molar-refractivity contribution in [2.75, 3.05) is 6.61 Å². The van der Waals surface area contributed by atoms with Gasteiger partial charge in [-0.3, -0.25) is 0 Å². The van der Waals surface area contributed by atoms with Gasteiger partial charge in [0.1, 0.15) is 15.8 Å². The SMILES string of the molecule is CCCCCCCCO[Si](C)(C)Oc1c(Cl)c(Cl)c(Cl)c(Cl)c1Cl. The number of benzene rings is 1. The Morgan fingerprint density at radius 3 is 1.71 bits per heavy atom. The fourth-order valence-corrected chi connectivity index (χ4v) is 4.87. The molecule has 1 aromatic rings.